The Hall–Kier alpha value is -2.31. The number of halogens is 1. The number of nitrogens with one attached hydrogen (secondary N) is 2. The highest BCUT2D eigenvalue weighted by molar-refractivity contribution is 5.94. The van der Waals surface area contributed by atoms with Crippen LogP contribution in [0.3, 0.4) is 0 Å². The monoisotopic (exact) mass is 296 g/mol. The largest absolute Gasteiger partial charge is 0.494 e. The number of methoxy groups -OCH3 is 1. The van der Waals surface area contributed by atoms with Crippen molar-refractivity contribution in [3.63, 3.8) is 0 Å². The van der Waals surface area contributed by atoms with Crippen LogP contribution in [0, 0.1) is 11.7 Å². The molecule has 0 aliphatic heterocycles. The topological polar surface area (TPSA) is 87.7 Å². The third kappa shape index (κ3) is 3.24. The van der Waals surface area contributed by atoms with E-state index in [1.165, 1.54) is 26.2 Å². The van der Waals surface area contributed by atoms with Gasteiger partial charge in [-0.25, -0.2) is 14.0 Å². The summed E-state index contributed by atoms with van der Waals surface area (Å²) < 4.78 is 18.1. The van der Waals surface area contributed by atoms with Crippen molar-refractivity contribution in [2.45, 2.75) is 25.3 Å². The molecule has 0 saturated heterocycles. The molecule has 1 aromatic carbocycles. The maximum atomic E-state index is 13.3. The number of carboxylic acid groups (broad SMARTS) is 1. The van der Waals surface area contributed by atoms with Crippen LogP contribution in [-0.4, -0.2) is 29.8 Å². The van der Waals surface area contributed by atoms with Crippen LogP contribution in [0.4, 0.5) is 14.9 Å². The van der Waals surface area contributed by atoms with Crippen LogP contribution >= 0.6 is 0 Å². The zero-order valence-electron chi connectivity index (χ0n) is 11.8. The van der Waals surface area contributed by atoms with Crippen LogP contribution in [-0.2, 0) is 4.79 Å². The molecule has 7 heteroatoms. The Balaban J connectivity index is 2.06. The van der Waals surface area contributed by atoms with E-state index in [4.69, 9.17) is 4.74 Å². The lowest BCUT2D eigenvalue weighted by Crippen LogP contribution is -2.55. The molecular formula is C14H17FN2O4. The second kappa shape index (κ2) is 5.59. The summed E-state index contributed by atoms with van der Waals surface area (Å²) in [6.07, 6.45) is 1.54. The fourth-order valence-electron chi connectivity index (χ4n) is 2.13. The van der Waals surface area contributed by atoms with Crippen molar-refractivity contribution in [2.75, 3.05) is 12.4 Å². The lowest BCUT2D eigenvalue weighted by molar-refractivity contribution is -0.144. The summed E-state index contributed by atoms with van der Waals surface area (Å²) in [4.78, 5) is 23.3. The summed E-state index contributed by atoms with van der Waals surface area (Å²) in [5, 5.41) is 14.2. The van der Waals surface area contributed by atoms with Crippen molar-refractivity contribution in [1.82, 2.24) is 5.32 Å². The molecule has 1 aromatic rings. The van der Waals surface area contributed by atoms with Gasteiger partial charge in [0, 0.05) is 11.8 Å². The molecule has 6 nitrogen and oxygen atoms in total. The molecule has 0 radical (unpaired) electrons. The van der Waals surface area contributed by atoms with Gasteiger partial charge in [-0.05, 0) is 37.8 Å². The molecule has 1 atom stereocenters. The molecule has 0 spiro atoms. The first-order valence-corrected chi connectivity index (χ1v) is 6.53. The van der Waals surface area contributed by atoms with Crippen LogP contribution < -0.4 is 15.4 Å². The number of ether oxygens (including phenoxy) is 1. The van der Waals surface area contributed by atoms with E-state index < -0.39 is 23.4 Å². The number of hydrogen-bond donors (Lipinski definition) is 3. The van der Waals surface area contributed by atoms with E-state index in [0.717, 1.165) is 18.9 Å². The fraction of sp³-hybridized carbons (Fsp3) is 0.429. The van der Waals surface area contributed by atoms with Crippen LogP contribution in [0.5, 0.6) is 5.75 Å². The van der Waals surface area contributed by atoms with Crippen molar-refractivity contribution in [3.05, 3.63) is 24.0 Å². The Bertz CT molecular complexity index is 574. The number of anilines is 1. The minimum atomic E-state index is -1.30. The molecule has 1 aliphatic rings. The standard InChI is InChI=1S/C14H17FN2O4/c1-14(12(18)19,8-3-4-8)17-13(20)16-9-5-6-10(15)11(7-9)21-2/h5-8H,3-4H2,1-2H3,(H,18,19)(H2,16,17,20). The quantitative estimate of drug-likeness (QED) is 0.777. The smallest absolute Gasteiger partial charge is 0.329 e. The minimum Gasteiger partial charge on any atom is -0.494 e. The first-order valence-electron chi connectivity index (χ1n) is 6.53. The predicted molar refractivity (Wildman–Crippen MR) is 73.9 cm³/mol. The zero-order chi connectivity index (χ0) is 15.6. The van der Waals surface area contributed by atoms with Crippen molar-refractivity contribution in [3.8, 4) is 5.75 Å². The predicted octanol–water partition coefficient (Wildman–Crippen LogP) is 2.21. The van der Waals surface area contributed by atoms with Gasteiger partial charge in [0.2, 0.25) is 0 Å². The SMILES string of the molecule is COc1cc(NC(=O)NC(C)(C(=O)O)C2CC2)ccc1F. The minimum absolute atomic E-state index is 0.00371. The third-order valence-electron chi connectivity index (χ3n) is 3.62. The average molecular weight is 296 g/mol. The van der Waals surface area contributed by atoms with Gasteiger partial charge in [-0.1, -0.05) is 0 Å². The highest BCUT2D eigenvalue weighted by Gasteiger charge is 2.48. The summed E-state index contributed by atoms with van der Waals surface area (Å²) in [6, 6.07) is 3.20. The summed E-state index contributed by atoms with van der Waals surface area (Å²) in [7, 11) is 1.32. The molecule has 1 aliphatic carbocycles. The maximum Gasteiger partial charge on any atom is 0.329 e. The van der Waals surface area contributed by atoms with Crippen molar-refractivity contribution in [1.29, 1.82) is 0 Å². The highest BCUT2D eigenvalue weighted by atomic mass is 19.1. The van der Waals surface area contributed by atoms with Crippen molar-refractivity contribution < 1.29 is 23.8 Å². The third-order valence-corrected chi connectivity index (χ3v) is 3.62. The Morgan fingerprint density at radius 1 is 1.43 bits per heavy atom. The first-order chi connectivity index (χ1) is 9.86. The summed E-state index contributed by atoms with van der Waals surface area (Å²) in [6.45, 7) is 1.48. The number of amides is 2. The molecule has 1 fully saturated rings. The van der Waals surface area contributed by atoms with Gasteiger partial charge in [0.25, 0.3) is 0 Å². The van der Waals surface area contributed by atoms with Crippen LogP contribution in [0.15, 0.2) is 18.2 Å². The van der Waals surface area contributed by atoms with E-state index in [-0.39, 0.29) is 11.7 Å². The lowest BCUT2D eigenvalue weighted by atomic mass is 9.96. The van der Waals surface area contributed by atoms with Gasteiger partial charge < -0.3 is 20.5 Å². The number of carbonyl (C=O) groups is 2. The van der Waals surface area contributed by atoms with E-state index >= 15 is 0 Å². The van der Waals surface area contributed by atoms with E-state index in [0.29, 0.717) is 5.69 Å². The summed E-state index contributed by atoms with van der Waals surface area (Å²) in [5.41, 5.74) is -0.983. The number of benzene rings is 1. The molecule has 2 amide bonds. The number of urea groups is 1. The van der Waals surface area contributed by atoms with Gasteiger partial charge in [-0.2, -0.15) is 0 Å². The van der Waals surface area contributed by atoms with Crippen LogP contribution in [0.1, 0.15) is 19.8 Å². The van der Waals surface area contributed by atoms with E-state index in [2.05, 4.69) is 10.6 Å². The Morgan fingerprint density at radius 2 is 2.10 bits per heavy atom. The number of aliphatic carboxylic acids is 1. The summed E-state index contributed by atoms with van der Waals surface area (Å²) >= 11 is 0. The fourth-order valence-corrected chi connectivity index (χ4v) is 2.13. The van der Waals surface area contributed by atoms with Gasteiger partial charge in [-0.3, -0.25) is 0 Å². The maximum absolute atomic E-state index is 13.3. The van der Waals surface area contributed by atoms with Crippen molar-refractivity contribution >= 4 is 17.7 Å². The van der Waals surface area contributed by atoms with Gasteiger partial charge in [0.1, 0.15) is 5.54 Å². The molecule has 0 bridgehead atoms. The Morgan fingerprint density at radius 3 is 2.62 bits per heavy atom. The molecule has 1 unspecified atom stereocenters. The van der Waals surface area contributed by atoms with E-state index in [1.807, 2.05) is 0 Å². The first kappa shape index (κ1) is 15.1. The van der Waals surface area contributed by atoms with Crippen LogP contribution in [0.2, 0.25) is 0 Å². The highest BCUT2D eigenvalue weighted by Crippen LogP contribution is 2.39. The number of carbonyl (C=O) groups excluding carboxylic acids is 1. The van der Waals surface area contributed by atoms with Gasteiger partial charge in [0.15, 0.2) is 11.6 Å². The van der Waals surface area contributed by atoms with Gasteiger partial charge >= 0.3 is 12.0 Å². The summed E-state index contributed by atoms with van der Waals surface area (Å²) in [5.74, 6) is -1.69. The molecular weight excluding hydrogens is 279 g/mol. The Labute approximate surface area is 121 Å². The number of hydrogen-bond acceptors (Lipinski definition) is 3. The molecule has 1 saturated carbocycles. The van der Waals surface area contributed by atoms with Gasteiger partial charge in [-0.15, -0.1) is 0 Å². The van der Waals surface area contributed by atoms with Crippen molar-refractivity contribution in [2.24, 2.45) is 5.92 Å². The number of carboxylic acids is 1. The second-order valence-corrected chi connectivity index (χ2v) is 5.21. The lowest BCUT2D eigenvalue weighted by Gasteiger charge is -2.26. The molecule has 2 rings (SSSR count). The normalized spacial score (nSPS) is 16.7. The second-order valence-electron chi connectivity index (χ2n) is 5.21. The molecule has 0 aromatic heterocycles. The molecule has 0 heterocycles. The zero-order valence-corrected chi connectivity index (χ0v) is 11.8. The Kier molecular flexibility index (Phi) is 4.02. The van der Waals surface area contributed by atoms with Crippen LogP contribution in [0.25, 0.3) is 0 Å². The molecule has 3 N–H and O–H groups in total. The van der Waals surface area contributed by atoms with E-state index in [9.17, 15) is 19.1 Å². The molecule has 114 valence electrons. The van der Waals surface area contributed by atoms with Gasteiger partial charge in [0.05, 0.1) is 7.11 Å². The molecule has 21 heavy (non-hydrogen) atoms. The number of rotatable bonds is 5. The van der Waals surface area contributed by atoms with E-state index in [1.54, 1.807) is 0 Å². The average Bonchev–Trinajstić information content (AvgIpc) is 3.25.